The van der Waals surface area contributed by atoms with Gasteiger partial charge in [-0.15, -0.1) is 0 Å². The van der Waals surface area contributed by atoms with Crippen molar-refractivity contribution in [3.8, 4) is 0 Å². The summed E-state index contributed by atoms with van der Waals surface area (Å²) < 4.78 is 0. The molecule has 0 aliphatic carbocycles. The second-order valence-electron chi connectivity index (χ2n) is 15.0. The van der Waals surface area contributed by atoms with Gasteiger partial charge in [-0.1, -0.05) is 199 Å². The van der Waals surface area contributed by atoms with Crippen LogP contribution in [-0.4, -0.2) is 57.3 Å². The molecule has 5 N–H and O–H groups in total. The third-order valence-electron chi connectivity index (χ3n) is 10.1. The second kappa shape index (κ2) is 39.0. The van der Waals surface area contributed by atoms with Crippen LogP contribution in [0.2, 0.25) is 0 Å². The van der Waals surface area contributed by atoms with Gasteiger partial charge in [0.15, 0.2) is 0 Å². The minimum Gasteiger partial charge on any atom is -0.394 e. The summed E-state index contributed by atoms with van der Waals surface area (Å²) in [7, 11) is 0. The van der Waals surface area contributed by atoms with Gasteiger partial charge in [0.05, 0.1) is 18.8 Å². The van der Waals surface area contributed by atoms with E-state index in [1.807, 2.05) is 0 Å². The van der Waals surface area contributed by atoms with Gasteiger partial charge in [-0.25, -0.2) is 0 Å². The first kappa shape index (κ1) is 48.8. The van der Waals surface area contributed by atoms with Gasteiger partial charge < -0.3 is 25.7 Å². The average Bonchev–Trinajstić information content (AvgIpc) is 3.12. The number of carbonyl (C=O) groups is 1. The highest BCUT2D eigenvalue weighted by molar-refractivity contribution is 5.80. The van der Waals surface area contributed by atoms with Gasteiger partial charge in [0.1, 0.15) is 12.2 Å². The third kappa shape index (κ3) is 32.7. The molecule has 50 heavy (non-hydrogen) atoms. The Labute approximate surface area is 310 Å². The lowest BCUT2D eigenvalue weighted by molar-refractivity contribution is -0.132. The molecule has 0 aliphatic heterocycles. The van der Waals surface area contributed by atoms with E-state index in [0.29, 0.717) is 19.3 Å². The summed E-state index contributed by atoms with van der Waals surface area (Å²) in [5, 5.41) is 43.4. The number of nitrogens with one attached hydrogen (secondary N) is 1. The fraction of sp³-hybridized carbons (Fsp3) is 0.886. The zero-order valence-corrected chi connectivity index (χ0v) is 33.2. The van der Waals surface area contributed by atoms with Gasteiger partial charge in [0.25, 0.3) is 0 Å². The molecular weight excluding hydrogens is 622 g/mol. The van der Waals surface area contributed by atoms with Crippen LogP contribution in [0.15, 0.2) is 24.3 Å². The van der Waals surface area contributed by atoms with E-state index < -0.39 is 36.9 Å². The van der Waals surface area contributed by atoms with Gasteiger partial charge in [-0.3, -0.25) is 4.79 Å². The molecule has 0 saturated carbocycles. The highest BCUT2D eigenvalue weighted by Crippen LogP contribution is 2.16. The molecule has 0 heterocycles. The Balaban J connectivity index is 3.65. The van der Waals surface area contributed by atoms with Crippen molar-refractivity contribution >= 4 is 5.91 Å². The molecule has 4 unspecified atom stereocenters. The number of unbranched alkanes of at least 4 members (excludes halogenated alkanes) is 26. The number of hydrogen-bond donors (Lipinski definition) is 5. The van der Waals surface area contributed by atoms with Crippen LogP contribution in [-0.2, 0) is 4.79 Å². The van der Waals surface area contributed by atoms with Crippen molar-refractivity contribution < 1.29 is 25.2 Å². The molecule has 1 amide bonds. The van der Waals surface area contributed by atoms with Crippen LogP contribution in [0.5, 0.6) is 0 Å². The molecule has 0 aromatic carbocycles. The highest BCUT2D eigenvalue weighted by atomic mass is 16.3. The Hall–Kier alpha value is -1.21. The van der Waals surface area contributed by atoms with Crippen molar-refractivity contribution in [2.45, 2.75) is 244 Å². The van der Waals surface area contributed by atoms with Gasteiger partial charge in [-0.2, -0.15) is 0 Å². The number of amides is 1. The van der Waals surface area contributed by atoms with E-state index in [4.69, 9.17) is 0 Å². The van der Waals surface area contributed by atoms with Crippen LogP contribution in [0.3, 0.4) is 0 Å². The van der Waals surface area contributed by atoms with Crippen molar-refractivity contribution in [3.63, 3.8) is 0 Å². The molecule has 0 fully saturated rings. The van der Waals surface area contributed by atoms with Crippen LogP contribution in [0, 0.1) is 0 Å². The molecule has 6 nitrogen and oxygen atoms in total. The number of aliphatic hydroxyl groups excluding tert-OH is 4. The lowest BCUT2D eigenvalue weighted by atomic mass is 10.00. The summed E-state index contributed by atoms with van der Waals surface area (Å²) in [6.45, 7) is 3.96. The van der Waals surface area contributed by atoms with E-state index in [0.717, 1.165) is 44.9 Å². The molecule has 0 aliphatic rings. The minimum atomic E-state index is -1.28. The maximum atomic E-state index is 12.5. The van der Waals surface area contributed by atoms with Gasteiger partial charge in [0, 0.05) is 0 Å². The molecule has 4 atom stereocenters. The third-order valence-corrected chi connectivity index (χ3v) is 10.1. The van der Waals surface area contributed by atoms with Crippen molar-refractivity contribution in [1.82, 2.24) is 5.32 Å². The number of carbonyl (C=O) groups excluding carboxylic acids is 1. The molecular formula is C44H85NO5. The van der Waals surface area contributed by atoms with E-state index in [1.54, 1.807) is 0 Å². The molecule has 0 aromatic rings. The fourth-order valence-electron chi connectivity index (χ4n) is 6.66. The summed E-state index contributed by atoms with van der Waals surface area (Å²) in [6, 6.07) is -1.00. The maximum Gasteiger partial charge on any atom is 0.249 e. The van der Waals surface area contributed by atoms with Crippen molar-refractivity contribution in [1.29, 1.82) is 0 Å². The first-order valence-electron chi connectivity index (χ1n) is 21.7. The first-order chi connectivity index (χ1) is 24.5. The summed E-state index contributed by atoms with van der Waals surface area (Å²) >= 11 is 0. The van der Waals surface area contributed by atoms with E-state index in [2.05, 4.69) is 43.5 Å². The fourth-order valence-corrected chi connectivity index (χ4v) is 6.66. The van der Waals surface area contributed by atoms with E-state index in [9.17, 15) is 25.2 Å². The molecule has 0 aromatic heterocycles. The van der Waals surface area contributed by atoms with Crippen LogP contribution >= 0.6 is 0 Å². The molecule has 0 radical (unpaired) electrons. The van der Waals surface area contributed by atoms with E-state index in [-0.39, 0.29) is 0 Å². The van der Waals surface area contributed by atoms with Crippen molar-refractivity contribution in [3.05, 3.63) is 24.3 Å². The van der Waals surface area contributed by atoms with Crippen LogP contribution < -0.4 is 5.32 Å². The molecule has 296 valence electrons. The van der Waals surface area contributed by atoms with Crippen molar-refractivity contribution in [2.75, 3.05) is 6.61 Å². The Morgan fingerprint density at radius 3 is 1.26 bits per heavy atom. The Bertz CT molecular complexity index is 757. The SMILES string of the molecule is CCC/C=C/CC/C=C/CCCC(O)C(O)C(CO)NC(=O)C(O)CCCCCCCCCCCCCCCCCCCCCCCCCC. The largest absolute Gasteiger partial charge is 0.394 e. The number of allylic oxidation sites excluding steroid dienone is 4. The average molecular weight is 708 g/mol. The molecule has 6 heteroatoms. The monoisotopic (exact) mass is 708 g/mol. The minimum absolute atomic E-state index is 0.364. The predicted octanol–water partition coefficient (Wildman–Crippen LogP) is 11.2. The van der Waals surface area contributed by atoms with Gasteiger partial charge in [0.2, 0.25) is 5.91 Å². The zero-order valence-electron chi connectivity index (χ0n) is 33.2. The normalized spacial score (nSPS) is 14.4. The second-order valence-corrected chi connectivity index (χ2v) is 15.0. The Morgan fingerprint density at radius 1 is 0.480 bits per heavy atom. The Morgan fingerprint density at radius 2 is 0.860 bits per heavy atom. The van der Waals surface area contributed by atoms with Crippen LogP contribution in [0.4, 0.5) is 0 Å². The topological polar surface area (TPSA) is 110 Å². The van der Waals surface area contributed by atoms with Gasteiger partial charge >= 0.3 is 0 Å². The predicted molar refractivity (Wildman–Crippen MR) is 214 cm³/mol. The zero-order chi connectivity index (χ0) is 36.8. The molecule has 0 saturated heterocycles. The summed E-state index contributed by atoms with van der Waals surface area (Å²) in [4.78, 5) is 12.5. The highest BCUT2D eigenvalue weighted by Gasteiger charge is 2.28. The molecule has 0 bridgehead atoms. The number of hydrogen-bond acceptors (Lipinski definition) is 5. The first-order valence-corrected chi connectivity index (χ1v) is 21.7. The van der Waals surface area contributed by atoms with Gasteiger partial charge in [-0.05, 0) is 44.9 Å². The van der Waals surface area contributed by atoms with E-state index in [1.165, 1.54) is 141 Å². The summed E-state index contributed by atoms with van der Waals surface area (Å²) in [5.41, 5.74) is 0. The van der Waals surface area contributed by atoms with Crippen molar-refractivity contribution in [2.24, 2.45) is 0 Å². The smallest absolute Gasteiger partial charge is 0.249 e. The quantitative estimate of drug-likeness (QED) is 0.0323. The summed E-state index contributed by atoms with van der Waals surface area (Å²) in [5.74, 6) is -0.597. The lowest BCUT2D eigenvalue weighted by Crippen LogP contribution is -2.53. The van der Waals surface area contributed by atoms with Crippen LogP contribution in [0.1, 0.15) is 219 Å². The summed E-state index contributed by atoms with van der Waals surface area (Å²) in [6.07, 6.45) is 43.7. The van der Waals surface area contributed by atoms with E-state index >= 15 is 0 Å². The molecule has 0 spiro atoms. The maximum absolute atomic E-state index is 12.5. The Kier molecular flexibility index (Phi) is 38.1. The number of rotatable bonds is 39. The standard InChI is InChI=1S/C44H85NO5/c1-3-5-7-9-11-13-15-16-17-18-19-20-21-22-23-24-25-26-27-28-30-32-34-36-38-42(48)44(50)45-40(39-46)43(49)41(47)37-35-33-31-29-14-12-10-8-6-4-2/h8,10,29,31,40-43,46-49H,3-7,9,11-28,30,32-39H2,1-2H3,(H,45,50)/b10-8+,31-29+. The lowest BCUT2D eigenvalue weighted by Gasteiger charge is -2.27. The van der Waals surface area contributed by atoms with Crippen LogP contribution in [0.25, 0.3) is 0 Å². The molecule has 0 rings (SSSR count). The number of aliphatic hydroxyl groups is 4.